The number of carbonyl (C=O) groups is 1. The molecule has 0 aliphatic heterocycles. The molecule has 1 aromatic rings. The van der Waals surface area contributed by atoms with Crippen LogP contribution in [0.2, 0.25) is 0 Å². The Morgan fingerprint density at radius 3 is 2.24 bits per heavy atom. The van der Waals surface area contributed by atoms with E-state index in [0.29, 0.717) is 0 Å². The molecule has 0 saturated heterocycles. The highest BCUT2D eigenvalue weighted by Gasteiger charge is 2.36. The van der Waals surface area contributed by atoms with E-state index in [1.807, 2.05) is 0 Å². The van der Waals surface area contributed by atoms with E-state index < -0.39 is 22.9 Å². The Labute approximate surface area is 101 Å². The molecule has 2 N–H and O–H groups in total. The van der Waals surface area contributed by atoms with Crippen LogP contribution in [0.3, 0.4) is 0 Å². The van der Waals surface area contributed by atoms with Crippen LogP contribution in [-0.4, -0.2) is 22.2 Å². The van der Waals surface area contributed by atoms with Crippen molar-refractivity contribution in [2.24, 2.45) is 0 Å². The first kappa shape index (κ1) is 13.6. The molecule has 0 fully saturated rings. The molecule has 0 aromatic heterocycles. The summed E-state index contributed by atoms with van der Waals surface area (Å²) in [5, 5.41) is 12.5. The van der Waals surface area contributed by atoms with Crippen LogP contribution in [0.25, 0.3) is 0 Å². The molecule has 3 nitrogen and oxygen atoms in total. The van der Waals surface area contributed by atoms with Crippen molar-refractivity contribution >= 4 is 5.91 Å². The zero-order chi connectivity index (χ0) is 13.3. The number of benzene rings is 1. The van der Waals surface area contributed by atoms with Gasteiger partial charge >= 0.3 is 0 Å². The third-order valence-corrected chi connectivity index (χ3v) is 3.07. The second-order valence-electron chi connectivity index (χ2n) is 5.12. The van der Waals surface area contributed by atoms with Gasteiger partial charge in [0.05, 0.1) is 16.7 Å². The molecule has 0 aliphatic rings. The minimum Gasteiger partial charge on any atom is -0.388 e. The molecule has 0 saturated carbocycles. The van der Waals surface area contributed by atoms with E-state index in [1.165, 1.54) is 18.2 Å². The minimum atomic E-state index is -1.10. The zero-order valence-corrected chi connectivity index (χ0v) is 10.5. The van der Waals surface area contributed by atoms with Crippen LogP contribution in [-0.2, 0) is 0 Å². The molecular formula is C13H18FNO2. The lowest BCUT2D eigenvalue weighted by Crippen LogP contribution is -2.57. The lowest BCUT2D eigenvalue weighted by atomic mass is 9.85. The molecule has 0 atom stereocenters. The Hall–Kier alpha value is -1.42. The zero-order valence-electron chi connectivity index (χ0n) is 10.5. The molecule has 1 amide bonds. The second kappa shape index (κ2) is 4.45. The van der Waals surface area contributed by atoms with Crippen molar-refractivity contribution in [2.75, 3.05) is 0 Å². The van der Waals surface area contributed by atoms with Crippen molar-refractivity contribution in [3.05, 3.63) is 35.6 Å². The maximum atomic E-state index is 13.4. The summed E-state index contributed by atoms with van der Waals surface area (Å²) in [5.41, 5.74) is -1.98. The van der Waals surface area contributed by atoms with Gasteiger partial charge in [0.1, 0.15) is 5.82 Å². The summed E-state index contributed by atoms with van der Waals surface area (Å²) in [7, 11) is 0. The predicted octanol–water partition coefficient (Wildman–Crippen LogP) is 2.10. The second-order valence-corrected chi connectivity index (χ2v) is 5.12. The summed E-state index contributed by atoms with van der Waals surface area (Å²) < 4.78 is 13.4. The van der Waals surface area contributed by atoms with Crippen LogP contribution in [0.5, 0.6) is 0 Å². The first-order valence-corrected chi connectivity index (χ1v) is 5.44. The van der Waals surface area contributed by atoms with Crippen LogP contribution >= 0.6 is 0 Å². The fourth-order valence-electron chi connectivity index (χ4n) is 1.15. The quantitative estimate of drug-likeness (QED) is 0.848. The highest BCUT2D eigenvalue weighted by molar-refractivity contribution is 5.95. The molecule has 0 unspecified atom stereocenters. The number of aliphatic hydroxyl groups is 1. The van der Waals surface area contributed by atoms with Gasteiger partial charge in [-0.2, -0.15) is 0 Å². The average molecular weight is 239 g/mol. The van der Waals surface area contributed by atoms with E-state index in [9.17, 15) is 14.3 Å². The van der Waals surface area contributed by atoms with Gasteiger partial charge in [-0.25, -0.2) is 4.39 Å². The highest BCUT2D eigenvalue weighted by Crippen LogP contribution is 2.21. The van der Waals surface area contributed by atoms with Gasteiger partial charge in [-0.15, -0.1) is 0 Å². The van der Waals surface area contributed by atoms with E-state index in [0.717, 1.165) is 0 Å². The highest BCUT2D eigenvalue weighted by atomic mass is 19.1. The topological polar surface area (TPSA) is 49.3 Å². The molecule has 1 aromatic carbocycles. The number of rotatable bonds is 3. The molecular weight excluding hydrogens is 221 g/mol. The van der Waals surface area contributed by atoms with E-state index in [1.54, 1.807) is 33.8 Å². The smallest absolute Gasteiger partial charge is 0.254 e. The van der Waals surface area contributed by atoms with Crippen molar-refractivity contribution in [3.8, 4) is 0 Å². The summed E-state index contributed by atoms with van der Waals surface area (Å²) in [4.78, 5) is 11.9. The molecule has 0 bridgehead atoms. The Bertz CT molecular complexity index is 422. The molecule has 0 radical (unpaired) electrons. The summed E-state index contributed by atoms with van der Waals surface area (Å²) in [6.07, 6.45) is 0. The standard InChI is InChI=1S/C13H18FNO2/c1-12(2,13(3,4)17)15-11(16)9-7-5-6-8-10(9)14/h5-8,17H,1-4H3,(H,15,16). The van der Waals surface area contributed by atoms with Crippen molar-refractivity contribution in [3.63, 3.8) is 0 Å². The van der Waals surface area contributed by atoms with Crippen LogP contribution in [0, 0.1) is 5.82 Å². The largest absolute Gasteiger partial charge is 0.388 e. The fraction of sp³-hybridized carbons (Fsp3) is 0.462. The number of amides is 1. The van der Waals surface area contributed by atoms with E-state index >= 15 is 0 Å². The van der Waals surface area contributed by atoms with Crippen molar-refractivity contribution in [2.45, 2.75) is 38.8 Å². The van der Waals surface area contributed by atoms with Crippen LogP contribution in [0.15, 0.2) is 24.3 Å². The van der Waals surface area contributed by atoms with Gasteiger partial charge in [0, 0.05) is 0 Å². The summed E-state index contributed by atoms with van der Waals surface area (Å²) in [5.74, 6) is -1.10. The number of halogens is 1. The summed E-state index contributed by atoms with van der Waals surface area (Å²) in [6, 6.07) is 5.75. The van der Waals surface area contributed by atoms with Crippen LogP contribution in [0.4, 0.5) is 4.39 Å². The summed E-state index contributed by atoms with van der Waals surface area (Å²) in [6.45, 7) is 6.56. The van der Waals surface area contributed by atoms with Gasteiger partial charge in [-0.05, 0) is 39.8 Å². The molecule has 94 valence electrons. The minimum absolute atomic E-state index is 0.0233. The first-order valence-electron chi connectivity index (χ1n) is 5.44. The third kappa shape index (κ3) is 3.03. The van der Waals surface area contributed by atoms with E-state index in [2.05, 4.69) is 5.32 Å². The van der Waals surface area contributed by atoms with Gasteiger partial charge in [-0.3, -0.25) is 4.79 Å². The van der Waals surface area contributed by atoms with E-state index in [-0.39, 0.29) is 5.56 Å². The molecule has 1 rings (SSSR count). The molecule has 0 spiro atoms. The number of hydrogen-bond acceptors (Lipinski definition) is 2. The molecule has 4 heteroatoms. The lowest BCUT2D eigenvalue weighted by Gasteiger charge is -2.38. The normalized spacial score (nSPS) is 12.4. The van der Waals surface area contributed by atoms with Gasteiger partial charge in [0.15, 0.2) is 0 Å². The fourth-order valence-corrected chi connectivity index (χ4v) is 1.15. The Balaban J connectivity index is 2.92. The third-order valence-electron chi connectivity index (χ3n) is 3.07. The molecule has 0 aliphatic carbocycles. The Morgan fingerprint density at radius 2 is 1.76 bits per heavy atom. The average Bonchev–Trinajstić information content (AvgIpc) is 2.15. The predicted molar refractivity (Wildman–Crippen MR) is 64.2 cm³/mol. The monoisotopic (exact) mass is 239 g/mol. The van der Waals surface area contributed by atoms with Crippen LogP contribution < -0.4 is 5.32 Å². The van der Waals surface area contributed by atoms with Gasteiger partial charge in [0.25, 0.3) is 5.91 Å². The van der Waals surface area contributed by atoms with Gasteiger partial charge in [0.2, 0.25) is 0 Å². The molecule has 0 heterocycles. The Kier molecular flexibility index (Phi) is 3.57. The number of carbonyl (C=O) groups excluding carboxylic acids is 1. The van der Waals surface area contributed by atoms with Crippen molar-refractivity contribution in [1.82, 2.24) is 5.32 Å². The summed E-state index contributed by atoms with van der Waals surface area (Å²) >= 11 is 0. The number of nitrogens with one attached hydrogen (secondary N) is 1. The number of hydrogen-bond donors (Lipinski definition) is 2. The van der Waals surface area contributed by atoms with Gasteiger partial charge < -0.3 is 10.4 Å². The lowest BCUT2D eigenvalue weighted by molar-refractivity contribution is -0.00300. The molecule has 17 heavy (non-hydrogen) atoms. The SMILES string of the molecule is CC(C)(O)C(C)(C)NC(=O)c1ccccc1F. The van der Waals surface area contributed by atoms with Crippen molar-refractivity contribution < 1.29 is 14.3 Å². The first-order chi connectivity index (χ1) is 7.65. The maximum absolute atomic E-state index is 13.4. The van der Waals surface area contributed by atoms with Crippen LogP contribution in [0.1, 0.15) is 38.1 Å². The maximum Gasteiger partial charge on any atom is 0.254 e. The Morgan fingerprint density at radius 1 is 1.24 bits per heavy atom. The van der Waals surface area contributed by atoms with E-state index in [4.69, 9.17) is 0 Å². The van der Waals surface area contributed by atoms with Gasteiger partial charge in [-0.1, -0.05) is 12.1 Å². The van der Waals surface area contributed by atoms with Crippen molar-refractivity contribution in [1.29, 1.82) is 0 Å².